The van der Waals surface area contributed by atoms with Crippen LogP contribution in [0.4, 0.5) is 0 Å². The van der Waals surface area contributed by atoms with E-state index < -0.39 is 11.9 Å². The van der Waals surface area contributed by atoms with Crippen LogP contribution in [0.25, 0.3) is 10.9 Å². The Labute approximate surface area is 91.1 Å². The van der Waals surface area contributed by atoms with Gasteiger partial charge in [0.1, 0.15) is 5.92 Å². The molecule has 1 N–H and O–H groups in total. The first kappa shape index (κ1) is 9.15. The molecule has 1 aromatic carbocycles. The minimum atomic E-state index is -0.935. The van der Waals surface area contributed by atoms with Crippen molar-refractivity contribution in [3.63, 3.8) is 0 Å². The van der Waals surface area contributed by atoms with Crippen LogP contribution in [0.1, 0.15) is 22.8 Å². The summed E-state index contributed by atoms with van der Waals surface area (Å²) in [5.41, 5.74) is 1.39. The summed E-state index contributed by atoms with van der Waals surface area (Å²) in [5.74, 6) is -1.77. The molecule has 1 aliphatic rings. The zero-order valence-electron chi connectivity index (χ0n) is 8.38. The van der Waals surface area contributed by atoms with Crippen molar-refractivity contribution >= 4 is 22.8 Å². The molecule has 2 aromatic rings. The summed E-state index contributed by atoms with van der Waals surface area (Å²) >= 11 is 0. The van der Waals surface area contributed by atoms with E-state index in [4.69, 9.17) is 5.11 Å². The number of para-hydroxylation sites is 1. The molecule has 2 heterocycles. The van der Waals surface area contributed by atoms with Gasteiger partial charge in [-0.05, 0) is 12.1 Å². The minimum Gasteiger partial charge on any atom is -0.481 e. The van der Waals surface area contributed by atoms with Crippen molar-refractivity contribution in [3.8, 4) is 0 Å². The van der Waals surface area contributed by atoms with E-state index in [0.29, 0.717) is 5.69 Å². The van der Waals surface area contributed by atoms with Gasteiger partial charge in [0.25, 0.3) is 0 Å². The van der Waals surface area contributed by atoms with Crippen molar-refractivity contribution in [2.24, 2.45) is 0 Å². The highest BCUT2D eigenvalue weighted by Crippen LogP contribution is 2.34. The molecule has 0 radical (unpaired) electrons. The summed E-state index contributed by atoms with van der Waals surface area (Å²) < 4.78 is 1.52. The molecule has 1 aromatic heterocycles. The normalized spacial score (nSPS) is 19.0. The highest BCUT2D eigenvalue weighted by molar-refractivity contribution is 6.00. The Bertz CT molecular complexity index is 612. The van der Waals surface area contributed by atoms with Gasteiger partial charge in [0.2, 0.25) is 5.91 Å². The van der Waals surface area contributed by atoms with Crippen molar-refractivity contribution < 1.29 is 14.7 Å². The molecule has 0 saturated heterocycles. The molecule has 0 fully saturated rings. The zero-order valence-corrected chi connectivity index (χ0v) is 8.38. The average molecular weight is 215 g/mol. The molecular weight excluding hydrogens is 206 g/mol. The third-order valence-corrected chi connectivity index (χ3v) is 3.02. The summed E-state index contributed by atoms with van der Waals surface area (Å²) in [6.07, 6.45) is 0.0650. The average Bonchev–Trinajstić information content (AvgIpc) is 2.76. The Kier molecular flexibility index (Phi) is 1.68. The first-order valence-electron chi connectivity index (χ1n) is 5.05. The standard InChI is InChI=1S/C12H9NO3/c14-11-6-8(12(15)16)10-5-7-3-1-2-4-9(7)13(10)11/h1-5,8H,6H2,(H,15,16). The molecule has 4 nitrogen and oxygen atoms in total. The summed E-state index contributed by atoms with van der Waals surface area (Å²) in [6.45, 7) is 0. The highest BCUT2D eigenvalue weighted by atomic mass is 16.4. The van der Waals surface area contributed by atoms with Crippen LogP contribution in [-0.2, 0) is 4.79 Å². The smallest absolute Gasteiger partial charge is 0.313 e. The van der Waals surface area contributed by atoms with E-state index in [2.05, 4.69) is 0 Å². The van der Waals surface area contributed by atoms with Gasteiger partial charge in [0, 0.05) is 17.5 Å². The number of aliphatic carboxylic acids is 1. The quantitative estimate of drug-likeness (QED) is 0.789. The van der Waals surface area contributed by atoms with Crippen LogP contribution in [0.3, 0.4) is 0 Å². The molecule has 1 atom stereocenters. The van der Waals surface area contributed by atoms with Gasteiger partial charge in [0.05, 0.1) is 5.52 Å². The number of carbonyl (C=O) groups excluding carboxylic acids is 1. The highest BCUT2D eigenvalue weighted by Gasteiger charge is 2.35. The van der Waals surface area contributed by atoms with Crippen LogP contribution in [0.15, 0.2) is 30.3 Å². The van der Waals surface area contributed by atoms with Crippen molar-refractivity contribution in [2.75, 3.05) is 0 Å². The molecule has 80 valence electrons. The number of benzene rings is 1. The fraction of sp³-hybridized carbons (Fsp3) is 0.167. The molecule has 1 aliphatic heterocycles. The van der Waals surface area contributed by atoms with Gasteiger partial charge in [-0.25, -0.2) is 0 Å². The van der Waals surface area contributed by atoms with E-state index in [-0.39, 0.29) is 12.3 Å². The maximum atomic E-state index is 11.8. The van der Waals surface area contributed by atoms with E-state index in [1.54, 1.807) is 6.07 Å². The van der Waals surface area contributed by atoms with Gasteiger partial charge in [-0.2, -0.15) is 0 Å². The third kappa shape index (κ3) is 1.04. The number of fused-ring (bicyclic) bond motifs is 3. The second kappa shape index (κ2) is 2.95. The Morgan fingerprint density at radius 3 is 2.88 bits per heavy atom. The van der Waals surface area contributed by atoms with Crippen molar-refractivity contribution in [1.82, 2.24) is 4.57 Å². The predicted octanol–water partition coefficient (Wildman–Crippen LogP) is 1.85. The van der Waals surface area contributed by atoms with Crippen LogP contribution < -0.4 is 0 Å². The zero-order chi connectivity index (χ0) is 11.3. The fourth-order valence-corrected chi connectivity index (χ4v) is 2.30. The molecule has 0 saturated carbocycles. The molecule has 1 unspecified atom stereocenters. The van der Waals surface area contributed by atoms with Crippen molar-refractivity contribution in [2.45, 2.75) is 12.3 Å². The first-order valence-corrected chi connectivity index (χ1v) is 5.05. The van der Waals surface area contributed by atoms with E-state index in [0.717, 1.165) is 10.9 Å². The summed E-state index contributed by atoms with van der Waals surface area (Å²) in [7, 11) is 0. The first-order chi connectivity index (χ1) is 7.68. The summed E-state index contributed by atoms with van der Waals surface area (Å²) in [4.78, 5) is 22.8. The van der Waals surface area contributed by atoms with Gasteiger partial charge in [-0.3, -0.25) is 14.2 Å². The minimum absolute atomic E-state index is 0.0650. The Balaban J connectivity index is 2.33. The van der Waals surface area contributed by atoms with Crippen molar-refractivity contribution in [1.29, 1.82) is 0 Å². The van der Waals surface area contributed by atoms with E-state index in [1.807, 2.05) is 24.3 Å². The number of hydrogen-bond donors (Lipinski definition) is 1. The number of nitrogens with zero attached hydrogens (tertiary/aromatic N) is 1. The molecule has 4 heteroatoms. The number of hydrogen-bond acceptors (Lipinski definition) is 2. The summed E-state index contributed by atoms with van der Waals surface area (Å²) in [6, 6.07) is 9.22. The number of rotatable bonds is 1. The lowest BCUT2D eigenvalue weighted by molar-refractivity contribution is -0.138. The lowest BCUT2D eigenvalue weighted by atomic mass is 10.0. The van der Waals surface area contributed by atoms with Gasteiger partial charge in [-0.1, -0.05) is 18.2 Å². The fourth-order valence-electron chi connectivity index (χ4n) is 2.30. The molecular formula is C12H9NO3. The van der Waals surface area contributed by atoms with Crippen LogP contribution in [0, 0.1) is 0 Å². The molecule has 16 heavy (non-hydrogen) atoms. The Morgan fingerprint density at radius 1 is 1.38 bits per heavy atom. The van der Waals surface area contributed by atoms with Gasteiger partial charge >= 0.3 is 5.97 Å². The largest absolute Gasteiger partial charge is 0.481 e. The van der Waals surface area contributed by atoms with Crippen LogP contribution in [0.2, 0.25) is 0 Å². The monoisotopic (exact) mass is 215 g/mol. The van der Waals surface area contributed by atoms with Gasteiger partial charge in [0.15, 0.2) is 0 Å². The molecule has 3 rings (SSSR count). The topological polar surface area (TPSA) is 59.3 Å². The molecule has 0 amide bonds. The SMILES string of the molecule is O=C(O)C1CC(=O)n2c1cc1ccccc12. The summed E-state index contributed by atoms with van der Waals surface area (Å²) in [5, 5.41) is 9.95. The number of carboxylic acid groups (broad SMARTS) is 1. The van der Waals surface area contributed by atoms with E-state index >= 15 is 0 Å². The maximum absolute atomic E-state index is 11.8. The number of carboxylic acids is 1. The van der Waals surface area contributed by atoms with Crippen LogP contribution >= 0.6 is 0 Å². The Morgan fingerprint density at radius 2 is 2.12 bits per heavy atom. The van der Waals surface area contributed by atoms with Gasteiger partial charge < -0.3 is 5.11 Å². The molecule has 0 bridgehead atoms. The third-order valence-electron chi connectivity index (χ3n) is 3.02. The second-order valence-corrected chi connectivity index (χ2v) is 3.95. The molecule has 0 spiro atoms. The second-order valence-electron chi connectivity index (χ2n) is 3.95. The van der Waals surface area contributed by atoms with Crippen LogP contribution in [0.5, 0.6) is 0 Å². The van der Waals surface area contributed by atoms with E-state index in [9.17, 15) is 9.59 Å². The lowest BCUT2D eigenvalue weighted by Crippen LogP contribution is -2.07. The lowest BCUT2D eigenvalue weighted by Gasteiger charge is -1.99. The Hall–Kier alpha value is -2.10. The predicted molar refractivity (Wildman–Crippen MR) is 57.6 cm³/mol. The van der Waals surface area contributed by atoms with Crippen molar-refractivity contribution in [3.05, 3.63) is 36.0 Å². The number of carbonyl (C=O) groups is 2. The van der Waals surface area contributed by atoms with Gasteiger partial charge in [-0.15, -0.1) is 0 Å². The number of aromatic nitrogens is 1. The van der Waals surface area contributed by atoms with E-state index in [1.165, 1.54) is 4.57 Å². The molecule has 0 aliphatic carbocycles. The maximum Gasteiger partial charge on any atom is 0.313 e. The van der Waals surface area contributed by atoms with Crippen LogP contribution in [-0.4, -0.2) is 21.6 Å².